The van der Waals surface area contributed by atoms with Gasteiger partial charge in [-0.05, 0) is 47.1 Å². The average Bonchev–Trinajstić information content (AvgIpc) is 3.30. The Labute approximate surface area is 270 Å². The second-order valence-corrected chi connectivity index (χ2v) is 14.4. The van der Waals surface area contributed by atoms with E-state index in [9.17, 15) is 18.9 Å². The molecule has 0 saturated carbocycles. The molecule has 1 fully saturated rings. The van der Waals surface area contributed by atoms with Crippen LogP contribution in [-0.2, 0) is 55.4 Å². The molecule has 1 aliphatic heterocycles. The molecule has 6 atom stereocenters. The lowest BCUT2D eigenvalue weighted by atomic mass is 9.94. The van der Waals surface area contributed by atoms with Crippen LogP contribution < -0.4 is 11.2 Å². The summed E-state index contributed by atoms with van der Waals surface area (Å²) in [7, 11) is -2.33. The van der Waals surface area contributed by atoms with Gasteiger partial charge in [0.15, 0.2) is 6.23 Å². The van der Waals surface area contributed by atoms with E-state index in [1.54, 1.807) is 41.5 Å². The van der Waals surface area contributed by atoms with Crippen LogP contribution in [0, 0.1) is 12.8 Å². The molecule has 13 nitrogen and oxygen atoms in total. The van der Waals surface area contributed by atoms with Crippen molar-refractivity contribution in [1.29, 1.82) is 0 Å². The molecule has 2 heterocycles. The van der Waals surface area contributed by atoms with Gasteiger partial charge in [0.2, 0.25) is 0 Å². The summed E-state index contributed by atoms with van der Waals surface area (Å²) in [6, 6.07) is 9.39. The molecule has 3 rings (SSSR count). The lowest BCUT2D eigenvalue weighted by Crippen LogP contribution is -2.44. The van der Waals surface area contributed by atoms with E-state index in [1.165, 1.54) is 24.8 Å². The van der Waals surface area contributed by atoms with Gasteiger partial charge < -0.3 is 32.7 Å². The number of hydrogen-bond acceptors (Lipinski definition) is 11. The third-order valence-electron chi connectivity index (χ3n) is 7.50. The van der Waals surface area contributed by atoms with Crippen LogP contribution in [0.15, 0.2) is 46.1 Å². The Balaban J connectivity index is 2.04. The third-order valence-corrected chi connectivity index (χ3v) is 10.2. The topological polar surface area (TPSA) is 143 Å². The first-order valence-electron chi connectivity index (χ1n) is 15.5. The first-order valence-corrected chi connectivity index (χ1v) is 17.1. The van der Waals surface area contributed by atoms with E-state index >= 15 is 0 Å². The molecule has 14 heteroatoms. The Bertz CT molecular complexity index is 1430. The van der Waals surface area contributed by atoms with Crippen LogP contribution in [0.2, 0.25) is 0 Å². The quantitative estimate of drug-likeness (QED) is 0.134. The van der Waals surface area contributed by atoms with Gasteiger partial charge in [-0.25, -0.2) is 9.36 Å². The van der Waals surface area contributed by atoms with Crippen molar-refractivity contribution in [2.45, 2.75) is 111 Å². The molecule has 1 aliphatic rings. The molecular formula is C32H49N2O11P. The molecule has 0 bridgehead atoms. The molecule has 2 aromatic rings. The van der Waals surface area contributed by atoms with Crippen molar-refractivity contribution < 1.29 is 42.1 Å². The zero-order valence-electron chi connectivity index (χ0n) is 28.2. The lowest BCUT2D eigenvalue weighted by Gasteiger charge is -2.35. The van der Waals surface area contributed by atoms with E-state index in [0.29, 0.717) is 0 Å². The number of aryl methyl sites for hydroxylation is 1. The molecule has 0 radical (unpaired) electrons. The molecule has 1 saturated heterocycles. The van der Waals surface area contributed by atoms with Crippen LogP contribution in [-0.4, -0.2) is 71.6 Å². The Hall–Kier alpha value is -2.64. The maximum Gasteiger partial charge on any atom is 0.337 e. The number of nitrogens with zero attached hydrogens (tertiary/aromatic N) is 2. The Kier molecular flexibility index (Phi) is 13.9. The number of benzene rings is 1. The Morgan fingerprint density at radius 2 is 1.65 bits per heavy atom. The summed E-state index contributed by atoms with van der Waals surface area (Å²) in [6.45, 7) is 13.6. The fourth-order valence-electron chi connectivity index (χ4n) is 5.41. The minimum Gasteiger partial charge on any atom is -0.459 e. The number of hydrogen-bond donors (Lipinski definition) is 0. The molecule has 0 amide bonds. The summed E-state index contributed by atoms with van der Waals surface area (Å²) in [5.74, 6) is -1.12. The Morgan fingerprint density at radius 3 is 2.22 bits per heavy atom. The SMILES string of the molecule is COCCO[C@@H]1[C@H](C)[C@@H]([C@@H](OC(C)=O)[C@H](C)P(=O)(OC(C)C)OC(C)C)O[C@H]1n1cc(C)c(=O)n(COCc2ccccc2)c1=O. The van der Waals surface area contributed by atoms with Crippen molar-refractivity contribution in [1.82, 2.24) is 9.13 Å². The van der Waals surface area contributed by atoms with E-state index in [0.717, 1.165) is 10.1 Å². The van der Waals surface area contributed by atoms with Crippen LogP contribution in [0.3, 0.4) is 0 Å². The largest absolute Gasteiger partial charge is 0.459 e. The van der Waals surface area contributed by atoms with E-state index in [4.69, 9.17) is 32.7 Å². The summed E-state index contributed by atoms with van der Waals surface area (Å²) in [4.78, 5) is 39.4. The van der Waals surface area contributed by atoms with E-state index in [-0.39, 0.29) is 32.1 Å². The summed E-state index contributed by atoms with van der Waals surface area (Å²) in [6.07, 6.45) is -3.29. The van der Waals surface area contributed by atoms with Gasteiger partial charge in [0, 0.05) is 31.7 Å². The molecule has 0 unspecified atom stereocenters. The predicted octanol–water partition coefficient (Wildman–Crippen LogP) is 4.42. The number of carbonyl (C=O) groups is 1. The maximum absolute atomic E-state index is 14.2. The van der Waals surface area contributed by atoms with Gasteiger partial charge in [-0.1, -0.05) is 37.3 Å². The van der Waals surface area contributed by atoms with Gasteiger partial charge in [-0.2, -0.15) is 0 Å². The van der Waals surface area contributed by atoms with E-state index in [2.05, 4.69) is 0 Å². The van der Waals surface area contributed by atoms with Gasteiger partial charge >= 0.3 is 19.3 Å². The number of methoxy groups -OCH3 is 1. The van der Waals surface area contributed by atoms with Gasteiger partial charge in [0.1, 0.15) is 25.0 Å². The van der Waals surface area contributed by atoms with Crippen LogP contribution >= 0.6 is 7.60 Å². The number of carbonyl (C=O) groups excluding carboxylic acids is 1. The summed E-state index contributed by atoms with van der Waals surface area (Å²) in [5.41, 5.74) is -0.959. The normalized spacial score (nSPS) is 21.5. The van der Waals surface area contributed by atoms with Gasteiger partial charge in [-0.3, -0.25) is 18.7 Å². The van der Waals surface area contributed by atoms with Gasteiger partial charge in [0.25, 0.3) is 5.56 Å². The van der Waals surface area contributed by atoms with E-state index in [1.807, 2.05) is 37.3 Å². The minimum atomic E-state index is -3.87. The average molecular weight is 669 g/mol. The van der Waals surface area contributed by atoms with Gasteiger partial charge in [-0.15, -0.1) is 0 Å². The first kappa shape index (κ1) is 37.8. The van der Waals surface area contributed by atoms with Crippen LogP contribution in [0.4, 0.5) is 0 Å². The number of aromatic nitrogens is 2. The highest BCUT2D eigenvalue weighted by Crippen LogP contribution is 2.58. The predicted molar refractivity (Wildman–Crippen MR) is 171 cm³/mol. The maximum atomic E-state index is 14.2. The highest BCUT2D eigenvalue weighted by Gasteiger charge is 2.54. The summed E-state index contributed by atoms with van der Waals surface area (Å²) in [5, 5.41) is 0. The highest BCUT2D eigenvalue weighted by molar-refractivity contribution is 7.54. The van der Waals surface area contributed by atoms with Crippen molar-refractivity contribution >= 4 is 13.6 Å². The second kappa shape index (κ2) is 17.0. The molecule has 0 aliphatic carbocycles. The first-order chi connectivity index (χ1) is 21.7. The molecule has 1 aromatic heterocycles. The van der Waals surface area contributed by atoms with Crippen LogP contribution in [0.1, 0.15) is 65.8 Å². The van der Waals surface area contributed by atoms with Crippen molar-refractivity contribution in [2.75, 3.05) is 20.3 Å². The zero-order valence-corrected chi connectivity index (χ0v) is 29.1. The van der Waals surface area contributed by atoms with Crippen LogP contribution in [0.5, 0.6) is 0 Å². The Morgan fingerprint density at radius 1 is 1.02 bits per heavy atom. The highest BCUT2D eigenvalue weighted by atomic mass is 31.2. The van der Waals surface area contributed by atoms with Crippen LogP contribution in [0.25, 0.3) is 0 Å². The molecular weight excluding hydrogens is 619 g/mol. The van der Waals surface area contributed by atoms with Gasteiger partial charge in [0.05, 0.1) is 37.7 Å². The fraction of sp³-hybridized carbons (Fsp3) is 0.656. The molecule has 0 spiro atoms. The molecule has 46 heavy (non-hydrogen) atoms. The fourth-order valence-corrected chi connectivity index (χ4v) is 7.61. The van der Waals surface area contributed by atoms with Crippen molar-refractivity contribution in [2.24, 2.45) is 5.92 Å². The summed E-state index contributed by atoms with van der Waals surface area (Å²) >= 11 is 0. The monoisotopic (exact) mass is 668 g/mol. The van der Waals surface area contributed by atoms with Crippen molar-refractivity contribution in [3.63, 3.8) is 0 Å². The molecule has 258 valence electrons. The number of esters is 1. The molecule has 0 N–H and O–H groups in total. The van der Waals surface area contributed by atoms with E-state index < -0.39 is 73.1 Å². The van der Waals surface area contributed by atoms with Crippen molar-refractivity contribution in [3.8, 4) is 0 Å². The smallest absolute Gasteiger partial charge is 0.337 e. The van der Waals surface area contributed by atoms with Crippen molar-refractivity contribution in [3.05, 3.63) is 68.5 Å². The zero-order chi connectivity index (χ0) is 34.2. The minimum absolute atomic E-state index is 0.171. The number of ether oxygens (including phenoxy) is 5. The standard InChI is InChI=1S/C32H49N2O11P/c1-20(2)44-46(38,45-21(3)4)24(7)29(42-25(8)35)27-23(6)28(41-16-15-39-9)31(43-27)33-17-22(5)30(36)34(32(33)37)19-40-18-26-13-11-10-12-14-26/h10-14,17,20-21,23-24,27-29,31H,15-16,18-19H2,1-9H3/t23-,24+,27+,28-,29+,31-/m1/s1. The summed E-state index contributed by atoms with van der Waals surface area (Å²) < 4.78 is 57.6. The second-order valence-electron chi connectivity index (χ2n) is 12.0. The number of rotatable bonds is 17. The third kappa shape index (κ3) is 9.47. The molecule has 1 aromatic carbocycles. The lowest BCUT2D eigenvalue weighted by molar-refractivity contribution is -0.158.